The van der Waals surface area contributed by atoms with E-state index < -0.39 is 44.5 Å². The van der Waals surface area contributed by atoms with Gasteiger partial charge < -0.3 is 0 Å². The molecule has 0 aliphatic carbocycles. The van der Waals surface area contributed by atoms with Crippen LogP contribution in [-0.2, 0) is 0 Å². The average Bonchev–Trinajstić information content (AvgIpc) is 2.69. The lowest BCUT2D eigenvalue weighted by Crippen LogP contribution is -2.05. The molecular formula is C18N8. The van der Waals surface area contributed by atoms with Crippen molar-refractivity contribution in [1.82, 2.24) is 0 Å². The molecule has 8 heteroatoms. The molecule has 2 aromatic rings. The summed E-state index contributed by atoms with van der Waals surface area (Å²) >= 11 is 0. The predicted molar refractivity (Wildman–Crippen MR) is 81.7 cm³/mol. The molecule has 0 saturated heterocycles. The van der Waals surface area contributed by atoms with Gasteiger partial charge in [0.15, 0.2) is 0 Å². The number of benzene rings is 2. The fourth-order valence-corrected chi connectivity index (χ4v) is 2.64. The first-order valence-corrected chi connectivity index (χ1v) is 6.54. The quantitative estimate of drug-likeness (QED) is 0.698. The fourth-order valence-electron chi connectivity index (χ4n) is 2.64. The Hall–Kier alpha value is -5.38. The largest absolute Gasteiger partial charge is 0.192 e. The summed E-state index contributed by atoms with van der Waals surface area (Å²) in [6, 6.07) is 13.4. The highest BCUT2D eigenvalue weighted by Gasteiger charge is 2.28. The van der Waals surface area contributed by atoms with Crippen LogP contribution in [0.1, 0.15) is 44.5 Å². The van der Waals surface area contributed by atoms with E-state index in [4.69, 9.17) is 0 Å². The van der Waals surface area contributed by atoms with Crippen LogP contribution in [0.2, 0.25) is 0 Å². The Bertz CT molecular complexity index is 1150. The summed E-state index contributed by atoms with van der Waals surface area (Å²) in [6.07, 6.45) is 0. The molecule has 2 aromatic carbocycles. The molecule has 0 atom stereocenters. The summed E-state index contributed by atoms with van der Waals surface area (Å²) in [4.78, 5) is 0. The molecule has 0 fully saturated rings. The Morgan fingerprint density at radius 1 is 0.269 bits per heavy atom. The highest BCUT2D eigenvalue weighted by atomic mass is 14.4. The van der Waals surface area contributed by atoms with Crippen molar-refractivity contribution in [2.45, 2.75) is 0 Å². The van der Waals surface area contributed by atoms with Gasteiger partial charge in [-0.2, -0.15) is 42.1 Å². The zero-order valence-electron chi connectivity index (χ0n) is 12.6. The molecule has 0 unspecified atom stereocenters. The molecule has 0 aliphatic heterocycles. The van der Waals surface area contributed by atoms with Crippen molar-refractivity contribution in [1.29, 1.82) is 42.1 Å². The molecule has 0 saturated carbocycles. The van der Waals surface area contributed by atoms with Crippen LogP contribution in [0.4, 0.5) is 0 Å². The van der Waals surface area contributed by atoms with Crippen LogP contribution in [0.15, 0.2) is 0 Å². The van der Waals surface area contributed by atoms with E-state index in [2.05, 4.69) is 0 Å². The third-order valence-corrected chi connectivity index (χ3v) is 3.64. The highest BCUT2D eigenvalue weighted by molar-refractivity contribution is 6.05. The average molecular weight is 328 g/mol. The lowest BCUT2D eigenvalue weighted by Gasteiger charge is -2.13. The third kappa shape index (κ3) is 1.94. The fraction of sp³-hybridized carbons (Fsp3) is 0. The van der Waals surface area contributed by atoms with Crippen molar-refractivity contribution in [2.75, 3.05) is 0 Å². The van der Waals surface area contributed by atoms with Gasteiger partial charge in [-0.3, -0.25) is 0 Å². The molecule has 0 heterocycles. The molecule has 0 aliphatic rings. The first kappa shape index (κ1) is 17.0. The van der Waals surface area contributed by atoms with E-state index in [0.29, 0.717) is 0 Å². The second-order valence-corrected chi connectivity index (χ2v) is 4.64. The van der Waals surface area contributed by atoms with Crippen LogP contribution in [0.5, 0.6) is 0 Å². The van der Waals surface area contributed by atoms with E-state index in [1.807, 2.05) is 0 Å². The predicted octanol–water partition coefficient (Wildman–Crippen LogP) is 1.81. The van der Waals surface area contributed by atoms with Crippen molar-refractivity contribution in [3.8, 4) is 48.6 Å². The van der Waals surface area contributed by atoms with Crippen LogP contribution in [-0.4, -0.2) is 0 Å². The van der Waals surface area contributed by atoms with E-state index in [1.54, 1.807) is 48.6 Å². The molecule has 0 amide bonds. The van der Waals surface area contributed by atoms with Crippen molar-refractivity contribution in [2.24, 2.45) is 0 Å². The zero-order valence-corrected chi connectivity index (χ0v) is 12.6. The smallest absolute Gasteiger partial charge is 0.102 e. The Balaban J connectivity index is 3.62. The zero-order chi connectivity index (χ0) is 19.4. The molecule has 0 bridgehead atoms. The maximum atomic E-state index is 9.47. The molecule has 112 valence electrons. The van der Waals surface area contributed by atoms with E-state index >= 15 is 0 Å². The first-order chi connectivity index (χ1) is 12.6. The van der Waals surface area contributed by atoms with Crippen LogP contribution in [0, 0.1) is 90.6 Å². The number of rotatable bonds is 0. The van der Waals surface area contributed by atoms with E-state index in [0.717, 1.165) is 0 Å². The minimum Gasteiger partial charge on any atom is -0.192 e. The van der Waals surface area contributed by atoms with Gasteiger partial charge in [0.05, 0.1) is 44.5 Å². The number of fused-ring (bicyclic) bond motifs is 1. The summed E-state index contributed by atoms with van der Waals surface area (Å²) in [5.74, 6) is 0. The van der Waals surface area contributed by atoms with Crippen molar-refractivity contribution < 1.29 is 0 Å². The van der Waals surface area contributed by atoms with Crippen LogP contribution in [0.25, 0.3) is 10.8 Å². The second kappa shape index (κ2) is 6.39. The van der Waals surface area contributed by atoms with Crippen LogP contribution >= 0.6 is 0 Å². The Morgan fingerprint density at radius 2 is 0.423 bits per heavy atom. The SMILES string of the molecule is N#Cc1c(C#N)c(C#N)c2c(C#N)c(C#N)c(C#N)c(C#N)c2c1C#N. The standard InChI is InChI=1S/C18N8/c19-1-9-10(2-20)14(6-24)18-16(8-26)12(4-22)11(3-21)15(7-25)17(18)13(9)5-23. The molecule has 26 heavy (non-hydrogen) atoms. The van der Waals surface area contributed by atoms with Gasteiger partial charge in [0, 0.05) is 10.8 Å². The number of hydrogen-bond donors (Lipinski definition) is 0. The molecular weight excluding hydrogens is 328 g/mol. The summed E-state index contributed by atoms with van der Waals surface area (Å²) in [5.41, 5.74) is -3.39. The van der Waals surface area contributed by atoms with Crippen LogP contribution in [0.3, 0.4) is 0 Å². The summed E-state index contributed by atoms with van der Waals surface area (Å²) in [6.45, 7) is 0. The van der Waals surface area contributed by atoms with Crippen LogP contribution < -0.4 is 0 Å². The summed E-state index contributed by atoms with van der Waals surface area (Å²) in [5, 5.41) is 74.7. The minimum absolute atomic E-state index is 0.269. The molecule has 0 spiro atoms. The van der Waals surface area contributed by atoms with Gasteiger partial charge in [0.25, 0.3) is 0 Å². The van der Waals surface area contributed by atoms with Gasteiger partial charge in [-0.25, -0.2) is 0 Å². The Kier molecular flexibility index (Phi) is 4.18. The van der Waals surface area contributed by atoms with Gasteiger partial charge >= 0.3 is 0 Å². The molecule has 0 aromatic heterocycles. The Morgan fingerprint density at radius 3 is 0.538 bits per heavy atom. The van der Waals surface area contributed by atoms with E-state index in [9.17, 15) is 42.1 Å². The van der Waals surface area contributed by atoms with E-state index in [-0.39, 0.29) is 10.8 Å². The van der Waals surface area contributed by atoms with Crippen molar-refractivity contribution in [3.63, 3.8) is 0 Å². The van der Waals surface area contributed by atoms with Crippen molar-refractivity contribution >= 4 is 10.8 Å². The normalized spacial score (nSPS) is 8.46. The lowest BCUT2D eigenvalue weighted by molar-refractivity contribution is 1.36. The Labute approximate surface area is 146 Å². The highest BCUT2D eigenvalue weighted by Crippen LogP contribution is 2.37. The van der Waals surface area contributed by atoms with Gasteiger partial charge in [-0.1, -0.05) is 0 Å². The maximum absolute atomic E-state index is 9.47. The van der Waals surface area contributed by atoms with Gasteiger partial charge in [-0.05, 0) is 0 Å². The summed E-state index contributed by atoms with van der Waals surface area (Å²) < 4.78 is 0. The summed E-state index contributed by atoms with van der Waals surface area (Å²) in [7, 11) is 0. The maximum Gasteiger partial charge on any atom is 0.102 e. The van der Waals surface area contributed by atoms with Gasteiger partial charge in [0.1, 0.15) is 48.6 Å². The first-order valence-electron chi connectivity index (χ1n) is 6.54. The topological polar surface area (TPSA) is 190 Å². The lowest BCUT2D eigenvalue weighted by atomic mass is 9.82. The van der Waals surface area contributed by atoms with E-state index in [1.165, 1.54) is 0 Å². The van der Waals surface area contributed by atoms with Gasteiger partial charge in [-0.15, -0.1) is 0 Å². The molecule has 0 N–H and O–H groups in total. The third-order valence-electron chi connectivity index (χ3n) is 3.64. The number of nitriles is 8. The molecule has 8 nitrogen and oxygen atoms in total. The van der Waals surface area contributed by atoms with Gasteiger partial charge in [0.2, 0.25) is 0 Å². The molecule has 0 radical (unpaired) electrons. The van der Waals surface area contributed by atoms with Crippen molar-refractivity contribution in [3.05, 3.63) is 44.5 Å². The monoisotopic (exact) mass is 328 g/mol. The molecule has 2 rings (SSSR count). The number of hydrogen-bond acceptors (Lipinski definition) is 8. The number of nitrogens with zero attached hydrogens (tertiary/aromatic N) is 8. The second-order valence-electron chi connectivity index (χ2n) is 4.64. The minimum atomic E-state index is -0.437.